The van der Waals surface area contributed by atoms with E-state index in [0.717, 1.165) is 30.1 Å². The maximum absolute atomic E-state index is 6.07. The number of hydrogen-bond donors (Lipinski definition) is 0. The number of aromatic nitrogens is 2. The third kappa shape index (κ3) is 3.98. The number of likely N-dealkylation sites (tertiary alicyclic amines) is 1. The average Bonchev–Trinajstić information content (AvgIpc) is 3.30. The predicted molar refractivity (Wildman–Crippen MR) is 121 cm³/mol. The van der Waals surface area contributed by atoms with Crippen molar-refractivity contribution in [3.63, 3.8) is 0 Å². The molecule has 3 aromatic carbocycles. The lowest BCUT2D eigenvalue weighted by Gasteiger charge is -2.30. The van der Waals surface area contributed by atoms with Gasteiger partial charge in [-0.2, -0.15) is 4.98 Å². The lowest BCUT2D eigenvalue weighted by Crippen LogP contribution is -2.29. The Bertz CT molecular complexity index is 1150. The first-order valence-electron chi connectivity index (χ1n) is 10.4. The maximum atomic E-state index is 6.07. The van der Waals surface area contributed by atoms with Gasteiger partial charge in [0.1, 0.15) is 0 Å². The Balaban J connectivity index is 1.58. The van der Waals surface area contributed by atoms with E-state index in [0.29, 0.717) is 11.8 Å². The van der Waals surface area contributed by atoms with Crippen LogP contribution >= 0.6 is 11.6 Å². The van der Waals surface area contributed by atoms with Crippen LogP contribution in [0, 0.1) is 0 Å². The number of hydrogen-bond acceptors (Lipinski definition) is 4. The largest absolute Gasteiger partial charge is 0.334 e. The van der Waals surface area contributed by atoms with Gasteiger partial charge in [0.25, 0.3) is 5.89 Å². The molecular weight excluding hydrogens is 394 g/mol. The minimum absolute atomic E-state index is 0.562. The smallest absolute Gasteiger partial charge is 0.257 e. The van der Waals surface area contributed by atoms with E-state index in [1.165, 1.54) is 46.6 Å². The van der Waals surface area contributed by atoms with Crippen molar-refractivity contribution in [2.45, 2.75) is 25.2 Å². The zero-order valence-corrected chi connectivity index (χ0v) is 17.8. The summed E-state index contributed by atoms with van der Waals surface area (Å²) in [7, 11) is 2.21. The van der Waals surface area contributed by atoms with Gasteiger partial charge in [-0.15, -0.1) is 0 Å². The van der Waals surface area contributed by atoms with E-state index in [2.05, 4.69) is 64.6 Å². The topological polar surface area (TPSA) is 42.2 Å². The summed E-state index contributed by atoms with van der Waals surface area (Å²) in [5.74, 6) is 1.13. The summed E-state index contributed by atoms with van der Waals surface area (Å²) < 4.78 is 5.30. The second-order valence-electron chi connectivity index (χ2n) is 8.25. The van der Waals surface area contributed by atoms with Crippen LogP contribution in [0.4, 0.5) is 0 Å². The predicted octanol–water partition coefficient (Wildman–Crippen LogP) is 5.94. The molecule has 0 atom stereocenters. The minimum Gasteiger partial charge on any atom is -0.334 e. The highest BCUT2D eigenvalue weighted by atomic mass is 35.5. The van der Waals surface area contributed by atoms with Gasteiger partial charge in [-0.3, -0.25) is 0 Å². The molecule has 4 aromatic rings. The molecule has 1 aliphatic rings. The van der Waals surface area contributed by atoms with E-state index in [4.69, 9.17) is 16.1 Å². The molecule has 0 unspecified atom stereocenters. The Morgan fingerprint density at radius 3 is 2.53 bits per heavy atom. The average molecular weight is 418 g/mol. The van der Waals surface area contributed by atoms with E-state index in [9.17, 15) is 0 Å². The van der Waals surface area contributed by atoms with Gasteiger partial charge in [-0.05, 0) is 97.0 Å². The van der Waals surface area contributed by atoms with Gasteiger partial charge in [0.2, 0.25) is 0 Å². The minimum atomic E-state index is 0.562. The van der Waals surface area contributed by atoms with Crippen LogP contribution in [0.3, 0.4) is 0 Å². The fourth-order valence-electron chi connectivity index (χ4n) is 4.48. The monoisotopic (exact) mass is 417 g/mol. The Labute approximate surface area is 181 Å². The molecular formula is C25H24ClN3O. The molecule has 0 saturated carbocycles. The standard InChI is InChI=1S/C25H24ClN3O/c1-29-10-8-19(9-11-29)23-14-18(12-17-2-6-22(26)7-3-17)13-20-4-5-21(15-24(20)23)25-27-16-28-30-25/h2-7,13-16,19H,8-12H2,1H3. The molecule has 0 aliphatic carbocycles. The summed E-state index contributed by atoms with van der Waals surface area (Å²) in [6.07, 6.45) is 4.71. The fourth-order valence-corrected chi connectivity index (χ4v) is 4.61. The molecule has 30 heavy (non-hydrogen) atoms. The first kappa shape index (κ1) is 19.3. The number of piperidine rings is 1. The Hall–Kier alpha value is -2.69. The molecule has 0 radical (unpaired) electrons. The van der Waals surface area contributed by atoms with Crippen molar-refractivity contribution in [3.05, 3.63) is 82.6 Å². The van der Waals surface area contributed by atoms with Crippen LogP contribution in [-0.2, 0) is 6.42 Å². The first-order valence-corrected chi connectivity index (χ1v) is 10.8. The Morgan fingerprint density at radius 1 is 1.00 bits per heavy atom. The number of benzene rings is 3. The van der Waals surface area contributed by atoms with Gasteiger partial charge >= 0.3 is 0 Å². The van der Waals surface area contributed by atoms with Gasteiger partial charge in [-0.1, -0.05) is 47.1 Å². The maximum Gasteiger partial charge on any atom is 0.257 e. The molecule has 4 nitrogen and oxygen atoms in total. The van der Waals surface area contributed by atoms with Crippen molar-refractivity contribution in [1.82, 2.24) is 15.0 Å². The third-order valence-electron chi connectivity index (χ3n) is 6.13. The van der Waals surface area contributed by atoms with E-state index in [1.807, 2.05) is 12.1 Å². The Kier molecular flexibility index (Phi) is 5.28. The highest BCUT2D eigenvalue weighted by Crippen LogP contribution is 2.36. The summed E-state index contributed by atoms with van der Waals surface area (Å²) in [6, 6.07) is 19.3. The zero-order chi connectivity index (χ0) is 20.5. The quantitative estimate of drug-likeness (QED) is 0.412. The summed E-state index contributed by atoms with van der Waals surface area (Å²) in [5, 5.41) is 7.10. The third-order valence-corrected chi connectivity index (χ3v) is 6.39. The van der Waals surface area contributed by atoms with Gasteiger partial charge in [-0.25, -0.2) is 0 Å². The van der Waals surface area contributed by atoms with Crippen molar-refractivity contribution < 1.29 is 4.52 Å². The van der Waals surface area contributed by atoms with Crippen molar-refractivity contribution in [2.24, 2.45) is 0 Å². The summed E-state index contributed by atoms with van der Waals surface area (Å²) in [5.41, 5.74) is 5.02. The molecule has 0 amide bonds. The molecule has 1 fully saturated rings. The normalized spacial score (nSPS) is 15.7. The van der Waals surface area contributed by atoms with E-state index in [1.54, 1.807) is 0 Å². The van der Waals surface area contributed by atoms with Crippen LogP contribution in [0.1, 0.15) is 35.4 Å². The molecule has 0 N–H and O–H groups in total. The second-order valence-corrected chi connectivity index (χ2v) is 8.68. The molecule has 152 valence electrons. The number of rotatable bonds is 4. The zero-order valence-electron chi connectivity index (χ0n) is 17.0. The van der Waals surface area contributed by atoms with Gasteiger partial charge in [0, 0.05) is 10.6 Å². The molecule has 0 bridgehead atoms. The van der Waals surface area contributed by atoms with Crippen LogP contribution < -0.4 is 0 Å². The van der Waals surface area contributed by atoms with Crippen LogP contribution in [0.15, 0.2) is 65.4 Å². The molecule has 5 rings (SSSR count). The van der Waals surface area contributed by atoms with Gasteiger partial charge < -0.3 is 9.42 Å². The fraction of sp³-hybridized carbons (Fsp3) is 0.280. The summed E-state index contributed by atoms with van der Waals surface area (Å²) in [4.78, 5) is 6.65. The molecule has 0 spiro atoms. The first-order chi connectivity index (χ1) is 14.7. The van der Waals surface area contributed by atoms with Crippen molar-refractivity contribution >= 4 is 22.4 Å². The number of halogens is 1. The molecule has 1 aromatic heterocycles. The number of nitrogens with zero attached hydrogens (tertiary/aromatic N) is 3. The van der Waals surface area contributed by atoms with Crippen LogP contribution in [0.5, 0.6) is 0 Å². The van der Waals surface area contributed by atoms with E-state index < -0.39 is 0 Å². The summed E-state index contributed by atoms with van der Waals surface area (Å²) in [6.45, 7) is 2.27. The lowest BCUT2D eigenvalue weighted by atomic mass is 9.84. The van der Waals surface area contributed by atoms with Gasteiger partial charge in [0.15, 0.2) is 6.33 Å². The van der Waals surface area contributed by atoms with E-state index in [-0.39, 0.29) is 0 Å². The van der Waals surface area contributed by atoms with Crippen LogP contribution in [0.25, 0.3) is 22.2 Å². The molecule has 2 heterocycles. The second kappa shape index (κ2) is 8.21. The molecule has 5 heteroatoms. The van der Waals surface area contributed by atoms with Gasteiger partial charge in [0.05, 0.1) is 0 Å². The van der Waals surface area contributed by atoms with Crippen molar-refractivity contribution in [1.29, 1.82) is 0 Å². The Morgan fingerprint density at radius 2 is 1.80 bits per heavy atom. The van der Waals surface area contributed by atoms with E-state index >= 15 is 0 Å². The SMILES string of the molecule is CN1CCC(c2cc(Cc3ccc(Cl)cc3)cc3ccc(-c4ncno4)cc23)CC1. The summed E-state index contributed by atoms with van der Waals surface area (Å²) >= 11 is 6.07. The lowest BCUT2D eigenvalue weighted by molar-refractivity contribution is 0.256. The van der Waals surface area contributed by atoms with Crippen molar-refractivity contribution in [3.8, 4) is 11.5 Å². The molecule has 1 aliphatic heterocycles. The highest BCUT2D eigenvalue weighted by molar-refractivity contribution is 6.30. The van der Waals surface area contributed by atoms with Crippen LogP contribution in [-0.4, -0.2) is 35.2 Å². The van der Waals surface area contributed by atoms with Crippen molar-refractivity contribution in [2.75, 3.05) is 20.1 Å². The molecule has 1 saturated heterocycles. The number of fused-ring (bicyclic) bond motifs is 1. The van der Waals surface area contributed by atoms with Crippen LogP contribution in [0.2, 0.25) is 5.02 Å². The highest BCUT2D eigenvalue weighted by Gasteiger charge is 2.21.